The maximum absolute atomic E-state index is 12.5. The smallest absolute Gasteiger partial charge is 0.412 e. The first-order valence-electron chi connectivity index (χ1n) is 11.4. The van der Waals surface area contributed by atoms with Crippen molar-refractivity contribution in [3.8, 4) is 11.8 Å². The molecular formula is C26H19ClN2O6S. The molecule has 2 N–H and O–H groups in total. The van der Waals surface area contributed by atoms with Crippen LogP contribution in [0, 0.1) is 11.8 Å². The van der Waals surface area contributed by atoms with Crippen molar-refractivity contribution in [2.24, 2.45) is 0 Å². The largest absolute Gasteiger partial charge is 0.480 e. The number of carboxylic acids is 1. The minimum Gasteiger partial charge on any atom is -0.480 e. The Balaban J connectivity index is 1.20. The summed E-state index contributed by atoms with van der Waals surface area (Å²) in [5.41, 5.74) is 1.13. The second-order valence-electron chi connectivity index (χ2n) is 8.94. The highest BCUT2D eigenvalue weighted by Gasteiger charge is 2.54. The maximum Gasteiger partial charge on any atom is 0.412 e. The molecule has 36 heavy (non-hydrogen) atoms. The number of nitrogens with zero attached hydrogens (tertiary/aromatic N) is 1. The van der Waals surface area contributed by atoms with Crippen LogP contribution in [0.1, 0.15) is 59.3 Å². The minimum absolute atomic E-state index is 0.0411. The van der Waals surface area contributed by atoms with E-state index in [1.807, 2.05) is 12.1 Å². The van der Waals surface area contributed by atoms with Crippen LogP contribution in [0.4, 0.5) is 10.5 Å². The number of nitrogens with one attached hydrogen (secondary N) is 1. The molecule has 0 saturated heterocycles. The fraction of sp³-hybridized carbons (Fsp3) is 0.269. The van der Waals surface area contributed by atoms with E-state index in [0.29, 0.717) is 56.8 Å². The van der Waals surface area contributed by atoms with Gasteiger partial charge in [-0.15, -0.1) is 0 Å². The number of hydrogen-bond donors (Lipinski definition) is 2. The number of aliphatic carboxylic acids is 1. The van der Waals surface area contributed by atoms with Crippen LogP contribution >= 0.6 is 23.1 Å². The zero-order chi connectivity index (χ0) is 24.9. The lowest BCUT2D eigenvalue weighted by molar-refractivity contribution is -0.140. The Hall–Kier alpha value is -3.74. The number of carbonyl (C=O) groups excluding carboxylic acids is 1. The maximum atomic E-state index is 12.5. The number of hydrogen-bond acceptors (Lipinski definition) is 7. The lowest BCUT2D eigenvalue weighted by Gasteiger charge is -2.08. The van der Waals surface area contributed by atoms with Gasteiger partial charge in [0.05, 0.1) is 16.8 Å². The molecule has 0 spiro atoms. The molecule has 4 aromatic rings. The summed E-state index contributed by atoms with van der Waals surface area (Å²) < 4.78 is 21.2. The monoisotopic (exact) mass is 522 g/mol. The molecule has 2 aliphatic rings. The topological polar surface area (TPSA) is 115 Å². The number of rotatable bonds is 6. The van der Waals surface area contributed by atoms with Gasteiger partial charge in [0.1, 0.15) is 22.7 Å². The van der Waals surface area contributed by atoms with Gasteiger partial charge in [0.2, 0.25) is 0 Å². The quantitative estimate of drug-likeness (QED) is 0.286. The van der Waals surface area contributed by atoms with E-state index in [2.05, 4.69) is 21.5 Å². The van der Waals surface area contributed by atoms with E-state index in [-0.39, 0.29) is 12.4 Å². The third kappa shape index (κ3) is 4.23. The zero-order valence-corrected chi connectivity index (χ0v) is 20.4. The van der Waals surface area contributed by atoms with Crippen LogP contribution in [0.5, 0.6) is 0 Å². The van der Waals surface area contributed by atoms with Gasteiger partial charge in [-0.25, -0.2) is 4.79 Å². The van der Waals surface area contributed by atoms with Gasteiger partial charge in [0.25, 0.3) is 5.78 Å². The highest BCUT2D eigenvalue weighted by atomic mass is 35.5. The average Bonchev–Trinajstić information content (AvgIpc) is 3.75. The Morgan fingerprint density at radius 3 is 2.72 bits per heavy atom. The van der Waals surface area contributed by atoms with Crippen molar-refractivity contribution >= 4 is 52.0 Å². The van der Waals surface area contributed by atoms with Gasteiger partial charge in [0, 0.05) is 22.6 Å². The second kappa shape index (κ2) is 8.73. The van der Waals surface area contributed by atoms with E-state index in [1.165, 1.54) is 11.5 Å². The first-order chi connectivity index (χ1) is 17.4. The Morgan fingerprint density at radius 1 is 1.22 bits per heavy atom. The van der Waals surface area contributed by atoms with Crippen molar-refractivity contribution < 1.29 is 28.3 Å². The van der Waals surface area contributed by atoms with Gasteiger partial charge in [-0.3, -0.25) is 10.1 Å². The minimum atomic E-state index is -0.934. The van der Waals surface area contributed by atoms with Gasteiger partial charge in [-0.2, -0.15) is 4.37 Å². The number of aromatic nitrogens is 1. The van der Waals surface area contributed by atoms with Gasteiger partial charge in [-0.1, -0.05) is 29.8 Å². The summed E-state index contributed by atoms with van der Waals surface area (Å²) in [5.74, 6) is 6.40. The molecule has 6 rings (SSSR count). The van der Waals surface area contributed by atoms with Gasteiger partial charge in [0.15, 0.2) is 5.76 Å². The fourth-order valence-electron chi connectivity index (χ4n) is 3.99. The summed E-state index contributed by atoms with van der Waals surface area (Å²) in [7, 11) is 0. The number of amides is 1. The van der Waals surface area contributed by atoms with Crippen molar-refractivity contribution in [2.45, 2.75) is 43.6 Å². The Kier molecular flexibility index (Phi) is 5.51. The molecule has 0 bridgehead atoms. The third-order valence-corrected chi connectivity index (χ3v) is 7.52. The van der Waals surface area contributed by atoms with Crippen LogP contribution < -0.4 is 5.32 Å². The molecule has 0 unspecified atom stereocenters. The number of carboxylic acid groups (broad SMARTS) is 1. The van der Waals surface area contributed by atoms with E-state index in [1.54, 1.807) is 24.3 Å². The average molecular weight is 523 g/mol. The second-order valence-corrected chi connectivity index (χ2v) is 10.1. The van der Waals surface area contributed by atoms with Crippen molar-refractivity contribution in [3.05, 3.63) is 69.1 Å². The van der Waals surface area contributed by atoms with Gasteiger partial charge < -0.3 is 18.7 Å². The molecule has 8 nitrogen and oxygen atoms in total. The number of fused-ring (bicyclic) bond motifs is 1. The summed E-state index contributed by atoms with van der Waals surface area (Å²) in [5, 5.41) is 13.5. The summed E-state index contributed by atoms with van der Waals surface area (Å²) in [6.45, 7) is 0.0411. The van der Waals surface area contributed by atoms with Gasteiger partial charge in [-0.05, 0) is 61.2 Å². The van der Waals surface area contributed by atoms with Crippen LogP contribution in [0.15, 0.2) is 45.2 Å². The number of anilines is 1. The molecule has 2 saturated carbocycles. The van der Waals surface area contributed by atoms with E-state index in [4.69, 9.17) is 25.2 Å². The summed E-state index contributed by atoms with van der Waals surface area (Å²) in [4.78, 5) is 24.7. The highest BCUT2D eigenvalue weighted by molar-refractivity contribution is 7.07. The van der Waals surface area contributed by atoms with Crippen LogP contribution in [-0.2, 0) is 21.6 Å². The lowest BCUT2D eigenvalue weighted by Crippen LogP contribution is -2.18. The molecular weight excluding hydrogens is 504 g/mol. The predicted molar refractivity (Wildman–Crippen MR) is 132 cm³/mol. The molecule has 3 aromatic heterocycles. The third-order valence-electron chi connectivity index (χ3n) is 6.37. The van der Waals surface area contributed by atoms with Crippen LogP contribution in [-0.4, -0.2) is 21.5 Å². The molecule has 182 valence electrons. The fourth-order valence-corrected chi connectivity index (χ4v) is 4.95. The van der Waals surface area contributed by atoms with E-state index in [9.17, 15) is 14.7 Å². The molecule has 1 aromatic carbocycles. The van der Waals surface area contributed by atoms with Gasteiger partial charge >= 0.3 is 12.1 Å². The Bertz CT molecular complexity index is 1530. The van der Waals surface area contributed by atoms with Crippen LogP contribution in [0.2, 0.25) is 5.02 Å². The molecule has 0 radical (unpaired) electrons. The SMILES string of the molecule is O=C(Nc1c(C2CC2)nsc1C#Cc1cc2cc(C3(C(=O)O)CC3)oc2o1)OCc1ccccc1Cl. The van der Waals surface area contributed by atoms with Crippen molar-refractivity contribution in [2.75, 3.05) is 5.32 Å². The lowest BCUT2D eigenvalue weighted by atomic mass is 10.0. The van der Waals surface area contributed by atoms with E-state index in [0.717, 1.165) is 18.5 Å². The van der Waals surface area contributed by atoms with E-state index >= 15 is 0 Å². The molecule has 0 atom stereocenters. The van der Waals surface area contributed by atoms with E-state index < -0.39 is 17.5 Å². The molecule has 2 fully saturated rings. The van der Waals surface area contributed by atoms with Crippen molar-refractivity contribution in [1.29, 1.82) is 0 Å². The molecule has 2 aliphatic carbocycles. The van der Waals surface area contributed by atoms with Crippen molar-refractivity contribution in [1.82, 2.24) is 4.37 Å². The summed E-state index contributed by atoms with van der Waals surface area (Å²) in [6, 6.07) is 10.6. The number of carbonyl (C=O) groups is 2. The van der Waals surface area contributed by atoms with Crippen LogP contribution in [0.3, 0.4) is 0 Å². The number of benzene rings is 1. The number of ether oxygens (including phenoxy) is 1. The summed E-state index contributed by atoms with van der Waals surface area (Å²) >= 11 is 7.34. The molecule has 0 aliphatic heterocycles. The molecule has 3 heterocycles. The Labute approximate surface area is 214 Å². The number of furan rings is 2. The molecule has 1 amide bonds. The highest BCUT2D eigenvalue weighted by Crippen LogP contribution is 2.50. The van der Waals surface area contributed by atoms with Crippen LogP contribution in [0.25, 0.3) is 11.2 Å². The first-order valence-corrected chi connectivity index (χ1v) is 12.5. The standard InChI is InChI=1S/C26H19ClN2O6S/c27-18-4-2-1-3-15(18)13-33-25(32)28-22-19(36-29-21(22)14-5-6-14)8-7-17-11-16-12-20(35-23(16)34-17)26(9-10-26)24(30)31/h1-4,11-12,14H,5-6,9-10,13H2,(H,28,32)(H,30,31). The molecule has 10 heteroatoms. The Morgan fingerprint density at radius 2 is 2.03 bits per heavy atom. The van der Waals surface area contributed by atoms with Crippen molar-refractivity contribution in [3.63, 3.8) is 0 Å². The zero-order valence-electron chi connectivity index (χ0n) is 18.8. The predicted octanol–water partition coefficient (Wildman–Crippen LogP) is 6.28. The normalized spacial score (nSPS) is 15.8. The first kappa shape index (κ1) is 22.7. The number of halogens is 1. The summed E-state index contributed by atoms with van der Waals surface area (Å²) in [6.07, 6.45) is 2.51.